The molecule has 0 bridgehead atoms. The lowest BCUT2D eigenvalue weighted by Gasteiger charge is -2.18. The maximum absolute atomic E-state index is 12.7. The fourth-order valence-electron chi connectivity index (χ4n) is 3.19. The highest BCUT2D eigenvalue weighted by Crippen LogP contribution is 2.24. The van der Waals surface area contributed by atoms with Gasteiger partial charge in [-0.1, -0.05) is 55.4 Å². The molecule has 1 aromatic heterocycles. The van der Waals surface area contributed by atoms with Gasteiger partial charge in [0.15, 0.2) is 0 Å². The van der Waals surface area contributed by atoms with Crippen LogP contribution in [0.4, 0.5) is 0 Å². The zero-order valence-corrected chi connectivity index (χ0v) is 18.8. The molecular weight excluding hydrogens is 432 g/mol. The van der Waals surface area contributed by atoms with E-state index in [-0.39, 0.29) is 16.0 Å². The van der Waals surface area contributed by atoms with Crippen molar-refractivity contribution in [1.29, 1.82) is 0 Å². The summed E-state index contributed by atoms with van der Waals surface area (Å²) < 4.78 is 31.9. The van der Waals surface area contributed by atoms with Gasteiger partial charge in [-0.25, -0.2) is 8.42 Å². The van der Waals surface area contributed by atoms with Crippen molar-refractivity contribution in [2.45, 2.75) is 25.7 Å². The summed E-state index contributed by atoms with van der Waals surface area (Å²) in [6.45, 7) is 5.70. The number of sulfonamides is 1. The lowest BCUT2D eigenvalue weighted by molar-refractivity contribution is 0.0846. The molecule has 32 heavy (non-hydrogen) atoms. The van der Waals surface area contributed by atoms with Crippen LogP contribution in [0.5, 0.6) is 0 Å². The number of nitrogens with one attached hydrogen (secondary N) is 2. The second-order valence-electron chi connectivity index (χ2n) is 6.85. The van der Waals surface area contributed by atoms with Gasteiger partial charge in [0.1, 0.15) is 17.0 Å². The molecule has 0 aliphatic heterocycles. The molecule has 0 atom stereocenters. The number of carbonyl (C=O) groups excluding carboxylic acids is 2. The van der Waals surface area contributed by atoms with Crippen molar-refractivity contribution in [2.75, 3.05) is 13.1 Å². The predicted octanol–water partition coefficient (Wildman–Crippen LogP) is 2.76. The van der Waals surface area contributed by atoms with Crippen LogP contribution in [0.25, 0.3) is 11.3 Å². The Bertz CT molecular complexity index is 1220. The minimum absolute atomic E-state index is 0.00131. The molecular formula is C22H24N4O5S. The molecule has 0 fully saturated rings. The average molecular weight is 457 g/mol. The second-order valence-corrected chi connectivity index (χ2v) is 8.79. The lowest BCUT2D eigenvalue weighted by Crippen LogP contribution is -2.42. The summed E-state index contributed by atoms with van der Waals surface area (Å²) in [4.78, 5) is 25.3. The van der Waals surface area contributed by atoms with Crippen molar-refractivity contribution in [3.8, 4) is 11.3 Å². The summed E-state index contributed by atoms with van der Waals surface area (Å²) >= 11 is 0. The maximum Gasteiger partial charge on any atom is 0.275 e. The van der Waals surface area contributed by atoms with E-state index in [2.05, 4.69) is 16.0 Å². The van der Waals surface area contributed by atoms with Crippen LogP contribution >= 0.6 is 0 Å². The van der Waals surface area contributed by atoms with E-state index in [0.29, 0.717) is 30.1 Å². The number of hydrogen-bond acceptors (Lipinski definition) is 6. The second kappa shape index (κ2) is 9.75. The third-order valence-corrected chi connectivity index (χ3v) is 6.91. The molecule has 168 valence electrons. The molecule has 3 rings (SSSR count). The largest absolute Gasteiger partial charge is 0.360 e. The first-order valence-electron chi connectivity index (χ1n) is 10.0. The minimum atomic E-state index is -3.72. The average Bonchev–Trinajstić information content (AvgIpc) is 3.20. The number of aromatic nitrogens is 1. The van der Waals surface area contributed by atoms with Crippen LogP contribution in [-0.4, -0.2) is 42.8 Å². The van der Waals surface area contributed by atoms with Crippen LogP contribution in [0.1, 0.15) is 40.3 Å². The van der Waals surface area contributed by atoms with E-state index in [1.54, 1.807) is 32.9 Å². The highest BCUT2D eigenvalue weighted by Gasteiger charge is 2.24. The van der Waals surface area contributed by atoms with Gasteiger partial charge >= 0.3 is 0 Å². The Morgan fingerprint density at radius 1 is 0.969 bits per heavy atom. The van der Waals surface area contributed by atoms with Gasteiger partial charge in [-0.3, -0.25) is 20.4 Å². The normalized spacial score (nSPS) is 11.4. The van der Waals surface area contributed by atoms with Crippen molar-refractivity contribution in [1.82, 2.24) is 20.3 Å². The zero-order chi connectivity index (χ0) is 23.3. The minimum Gasteiger partial charge on any atom is -0.360 e. The smallest absolute Gasteiger partial charge is 0.275 e. The fraction of sp³-hybridized carbons (Fsp3) is 0.227. The highest BCUT2D eigenvalue weighted by atomic mass is 32.2. The first-order chi connectivity index (χ1) is 15.3. The number of nitrogens with zero attached hydrogens (tertiary/aromatic N) is 2. The first-order valence-corrected chi connectivity index (χ1v) is 11.5. The molecule has 1 heterocycles. The Morgan fingerprint density at radius 2 is 1.62 bits per heavy atom. The van der Waals surface area contributed by atoms with Gasteiger partial charge < -0.3 is 4.52 Å². The number of hydrazine groups is 1. The van der Waals surface area contributed by atoms with Crippen molar-refractivity contribution in [2.24, 2.45) is 0 Å². The number of aryl methyl sites for hydroxylation is 1. The monoisotopic (exact) mass is 456 g/mol. The van der Waals surface area contributed by atoms with E-state index in [0.717, 1.165) is 0 Å². The maximum atomic E-state index is 12.7. The highest BCUT2D eigenvalue weighted by molar-refractivity contribution is 7.89. The number of rotatable bonds is 7. The SMILES string of the molecule is CCN(CC)S(=O)(=O)c1cccc(C(=O)NNC(=O)c2c(-c3ccccc3)noc2C)c1. The van der Waals surface area contributed by atoms with E-state index in [4.69, 9.17) is 4.52 Å². The van der Waals surface area contributed by atoms with Gasteiger partial charge in [-0.15, -0.1) is 0 Å². The number of benzene rings is 2. The molecule has 10 heteroatoms. The Morgan fingerprint density at radius 3 is 2.28 bits per heavy atom. The third kappa shape index (κ3) is 4.71. The summed E-state index contributed by atoms with van der Waals surface area (Å²) in [6.07, 6.45) is 0. The molecule has 2 aromatic carbocycles. The Balaban J connectivity index is 1.76. The van der Waals surface area contributed by atoms with Crippen LogP contribution in [0.3, 0.4) is 0 Å². The fourth-order valence-corrected chi connectivity index (χ4v) is 4.70. The van der Waals surface area contributed by atoms with Crippen LogP contribution in [-0.2, 0) is 10.0 Å². The van der Waals surface area contributed by atoms with Crippen molar-refractivity contribution >= 4 is 21.8 Å². The van der Waals surface area contributed by atoms with Crippen molar-refractivity contribution in [3.05, 3.63) is 71.5 Å². The van der Waals surface area contributed by atoms with Gasteiger partial charge in [0.05, 0.1) is 4.90 Å². The number of carbonyl (C=O) groups is 2. The number of amides is 2. The molecule has 0 saturated heterocycles. The Kier molecular flexibility index (Phi) is 7.06. The summed E-state index contributed by atoms with van der Waals surface area (Å²) in [6, 6.07) is 14.7. The molecule has 0 spiro atoms. The van der Waals surface area contributed by atoms with E-state index in [1.165, 1.54) is 28.6 Å². The van der Waals surface area contributed by atoms with Gasteiger partial charge in [-0.2, -0.15) is 4.31 Å². The molecule has 0 unspecified atom stereocenters. The van der Waals surface area contributed by atoms with Crippen LogP contribution in [0.2, 0.25) is 0 Å². The Hall–Kier alpha value is -3.50. The van der Waals surface area contributed by atoms with E-state index in [9.17, 15) is 18.0 Å². The molecule has 2 N–H and O–H groups in total. The molecule has 9 nitrogen and oxygen atoms in total. The van der Waals surface area contributed by atoms with Gasteiger partial charge in [0, 0.05) is 24.2 Å². The van der Waals surface area contributed by atoms with Crippen LogP contribution < -0.4 is 10.9 Å². The van der Waals surface area contributed by atoms with E-state index >= 15 is 0 Å². The molecule has 3 aromatic rings. The first kappa shape index (κ1) is 23.2. The molecule has 0 aliphatic rings. The number of hydrogen-bond donors (Lipinski definition) is 2. The Labute approximate surface area is 186 Å². The topological polar surface area (TPSA) is 122 Å². The van der Waals surface area contributed by atoms with Crippen molar-refractivity contribution < 1.29 is 22.5 Å². The lowest BCUT2D eigenvalue weighted by atomic mass is 10.1. The quantitative estimate of drug-likeness (QED) is 0.527. The van der Waals surface area contributed by atoms with Crippen LogP contribution in [0.15, 0.2) is 64.0 Å². The van der Waals surface area contributed by atoms with Gasteiger partial charge in [0.25, 0.3) is 11.8 Å². The summed E-state index contributed by atoms with van der Waals surface area (Å²) in [5.74, 6) is -0.976. The summed E-state index contributed by atoms with van der Waals surface area (Å²) in [7, 11) is -3.72. The molecule has 2 amide bonds. The van der Waals surface area contributed by atoms with Gasteiger partial charge in [-0.05, 0) is 25.1 Å². The van der Waals surface area contributed by atoms with Crippen molar-refractivity contribution in [3.63, 3.8) is 0 Å². The van der Waals surface area contributed by atoms with E-state index in [1.807, 2.05) is 18.2 Å². The molecule has 0 radical (unpaired) electrons. The zero-order valence-electron chi connectivity index (χ0n) is 18.0. The van der Waals surface area contributed by atoms with Gasteiger partial charge in [0.2, 0.25) is 10.0 Å². The summed E-state index contributed by atoms with van der Waals surface area (Å²) in [5, 5.41) is 3.94. The third-order valence-electron chi connectivity index (χ3n) is 4.87. The molecule has 0 saturated carbocycles. The van der Waals surface area contributed by atoms with Crippen LogP contribution in [0, 0.1) is 6.92 Å². The molecule has 0 aliphatic carbocycles. The predicted molar refractivity (Wildman–Crippen MR) is 118 cm³/mol. The van der Waals surface area contributed by atoms with E-state index < -0.39 is 21.8 Å². The summed E-state index contributed by atoms with van der Waals surface area (Å²) in [5.41, 5.74) is 5.97. The standard InChI is InChI=1S/C22H24N4O5S/c1-4-26(5-2)32(29,30)18-13-9-12-17(14-18)21(27)23-24-22(28)19-15(3)31-25-20(19)16-10-7-6-8-11-16/h6-14H,4-5H2,1-3H3,(H,23,27)(H,24,28).